The van der Waals surface area contributed by atoms with Gasteiger partial charge in [-0.25, -0.2) is 0 Å². The SMILES string of the molecule is CCCC[C@H](C(=O)N1CCCCC1c1nc(CCCc2ccccc2)no1)c1ccccc1. The summed E-state index contributed by atoms with van der Waals surface area (Å²) in [7, 11) is 0. The third-order valence-corrected chi connectivity index (χ3v) is 6.61. The summed E-state index contributed by atoms with van der Waals surface area (Å²) in [5.41, 5.74) is 2.43. The summed E-state index contributed by atoms with van der Waals surface area (Å²) in [6, 6.07) is 20.6. The Morgan fingerprint density at radius 2 is 1.79 bits per heavy atom. The van der Waals surface area contributed by atoms with Gasteiger partial charge in [0.25, 0.3) is 0 Å². The maximum atomic E-state index is 13.8. The van der Waals surface area contributed by atoms with E-state index < -0.39 is 0 Å². The monoisotopic (exact) mass is 445 g/mol. The van der Waals surface area contributed by atoms with Crippen LogP contribution in [-0.2, 0) is 17.6 Å². The van der Waals surface area contributed by atoms with Gasteiger partial charge in [-0.15, -0.1) is 0 Å². The lowest BCUT2D eigenvalue weighted by Gasteiger charge is -2.36. The van der Waals surface area contributed by atoms with Crippen LogP contribution in [-0.4, -0.2) is 27.5 Å². The van der Waals surface area contributed by atoms with E-state index in [1.165, 1.54) is 5.56 Å². The van der Waals surface area contributed by atoms with Gasteiger partial charge in [0.15, 0.2) is 5.82 Å². The number of carbonyl (C=O) groups is 1. The summed E-state index contributed by atoms with van der Waals surface area (Å²) in [4.78, 5) is 20.5. The van der Waals surface area contributed by atoms with Gasteiger partial charge >= 0.3 is 0 Å². The van der Waals surface area contributed by atoms with Gasteiger partial charge in [0.05, 0.1) is 5.92 Å². The number of hydrogen-bond acceptors (Lipinski definition) is 4. The highest BCUT2D eigenvalue weighted by Gasteiger charge is 2.35. The molecule has 1 aliphatic rings. The molecule has 174 valence electrons. The number of likely N-dealkylation sites (tertiary alicyclic amines) is 1. The van der Waals surface area contributed by atoms with Gasteiger partial charge in [-0.3, -0.25) is 4.79 Å². The third kappa shape index (κ3) is 6.10. The molecule has 33 heavy (non-hydrogen) atoms. The van der Waals surface area contributed by atoms with Gasteiger partial charge in [0, 0.05) is 13.0 Å². The van der Waals surface area contributed by atoms with Crippen molar-refractivity contribution in [1.29, 1.82) is 0 Å². The number of nitrogens with zero attached hydrogens (tertiary/aromatic N) is 3. The molecule has 1 aromatic heterocycles. The van der Waals surface area contributed by atoms with Gasteiger partial charge in [-0.1, -0.05) is 85.6 Å². The molecule has 2 aromatic carbocycles. The molecule has 0 bridgehead atoms. The highest BCUT2D eigenvalue weighted by molar-refractivity contribution is 5.84. The molecule has 1 aliphatic heterocycles. The fourth-order valence-electron chi connectivity index (χ4n) is 4.78. The van der Waals surface area contributed by atoms with Crippen molar-refractivity contribution >= 4 is 5.91 Å². The molecule has 2 heterocycles. The van der Waals surface area contributed by atoms with Crippen LogP contribution in [0.4, 0.5) is 0 Å². The number of unbranched alkanes of at least 4 members (excludes halogenated alkanes) is 1. The molecule has 5 heteroatoms. The van der Waals surface area contributed by atoms with Gasteiger partial charge in [0.1, 0.15) is 6.04 Å². The van der Waals surface area contributed by atoms with E-state index in [9.17, 15) is 4.79 Å². The van der Waals surface area contributed by atoms with E-state index in [1.54, 1.807) is 0 Å². The predicted octanol–water partition coefficient (Wildman–Crippen LogP) is 6.27. The summed E-state index contributed by atoms with van der Waals surface area (Å²) < 4.78 is 5.70. The fraction of sp³-hybridized carbons (Fsp3) is 0.464. The summed E-state index contributed by atoms with van der Waals surface area (Å²) in [6.07, 6.45) is 8.72. The Morgan fingerprint density at radius 1 is 1.03 bits per heavy atom. The molecule has 3 aromatic rings. The Hall–Kier alpha value is -2.95. The van der Waals surface area contributed by atoms with Gasteiger partial charge in [0.2, 0.25) is 11.8 Å². The Kier molecular flexibility index (Phi) is 8.29. The first kappa shape index (κ1) is 23.2. The van der Waals surface area contributed by atoms with Crippen LogP contribution in [0.2, 0.25) is 0 Å². The van der Waals surface area contributed by atoms with E-state index >= 15 is 0 Å². The van der Waals surface area contributed by atoms with Crippen LogP contribution < -0.4 is 0 Å². The second kappa shape index (κ2) is 11.8. The largest absolute Gasteiger partial charge is 0.337 e. The van der Waals surface area contributed by atoms with Crippen molar-refractivity contribution in [3.05, 3.63) is 83.5 Å². The molecular weight excluding hydrogens is 410 g/mol. The van der Waals surface area contributed by atoms with E-state index in [0.717, 1.165) is 75.7 Å². The molecule has 1 saturated heterocycles. The topological polar surface area (TPSA) is 59.2 Å². The van der Waals surface area contributed by atoms with Crippen molar-refractivity contribution in [1.82, 2.24) is 15.0 Å². The molecule has 1 amide bonds. The molecular formula is C28H35N3O2. The molecule has 0 aliphatic carbocycles. The number of hydrogen-bond donors (Lipinski definition) is 0. The molecule has 2 atom stereocenters. The summed E-state index contributed by atoms with van der Waals surface area (Å²) in [5.74, 6) is 1.42. The number of amides is 1. The average molecular weight is 446 g/mol. The first-order valence-corrected chi connectivity index (χ1v) is 12.5. The maximum Gasteiger partial charge on any atom is 0.249 e. The Bertz CT molecular complexity index is 987. The number of carbonyl (C=O) groups excluding carboxylic acids is 1. The van der Waals surface area contributed by atoms with Crippen LogP contribution in [0.5, 0.6) is 0 Å². The summed E-state index contributed by atoms with van der Waals surface area (Å²) >= 11 is 0. The minimum absolute atomic E-state index is 0.111. The molecule has 0 radical (unpaired) electrons. The van der Waals surface area contributed by atoms with E-state index in [2.05, 4.69) is 48.5 Å². The molecule has 4 rings (SSSR count). The highest BCUT2D eigenvalue weighted by Crippen LogP contribution is 2.34. The quantitative estimate of drug-likeness (QED) is 0.369. The van der Waals surface area contributed by atoms with Crippen LogP contribution in [0.1, 0.15) is 86.7 Å². The van der Waals surface area contributed by atoms with Crippen molar-refractivity contribution < 1.29 is 9.32 Å². The summed E-state index contributed by atoms with van der Waals surface area (Å²) in [5, 5.41) is 4.24. The Labute approximate surface area is 197 Å². The zero-order valence-electron chi connectivity index (χ0n) is 19.7. The van der Waals surface area contributed by atoms with Crippen LogP contribution in [0, 0.1) is 0 Å². The van der Waals surface area contributed by atoms with Crippen molar-refractivity contribution in [3.8, 4) is 0 Å². The Balaban J connectivity index is 1.44. The van der Waals surface area contributed by atoms with E-state index in [1.807, 2.05) is 29.2 Å². The first-order valence-electron chi connectivity index (χ1n) is 12.5. The number of benzene rings is 2. The molecule has 1 unspecified atom stereocenters. The minimum atomic E-state index is -0.116. The third-order valence-electron chi connectivity index (χ3n) is 6.61. The normalized spacial score (nSPS) is 17.1. The molecule has 5 nitrogen and oxygen atoms in total. The maximum absolute atomic E-state index is 13.8. The smallest absolute Gasteiger partial charge is 0.249 e. The van der Waals surface area contributed by atoms with Crippen LogP contribution in [0.25, 0.3) is 0 Å². The number of rotatable bonds is 10. The second-order valence-corrected chi connectivity index (χ2v) is 9.04. The predicted molar refractivity (Wildman–Crippen MR) is 130 cm³/mol. The number of aromatic nitrogens is 2. The van der Waals surface area contributed by atoms with Crippen LogP contribution in [0.3, 0.4) is 0 Å². The second-order valence-electron chi connectivity index (χ2n) is 9.04. The number of aryl methyl sites for hydroxylation is 2. The van der Waals surface area contributed by atoms with E-state index in [4.69, 9.17) is 9.51 Å². The van der Waals surface area contributed by atoms with Gasteiger partial charge in [-0.05, 0) is 49.7 Å². The lowest BCUT2D eigenvalue weighted by atomic mass is 9.90. The van der Waals surface area contributed by atoms with E-state index in [0.29, 0.717) is 5.89 Å². The molecule has 0 spiro atoms. The lowest BCUT2D eigenvalue weighted by molar-refractivity contribution is -0.137. The van der Waals surface area contributed by atoms with Crippen molar-refractivity contribution in [3.63, 3.8) is 0 Å². The van der Waals surface area contributed by atoms with Crippen molar-refractivity contribution in [2.75, 3.05) is 6.54 Å². The van der Waals surface area contributed by atoms with Crippen molar-refractivity contribution in [2.45, 2.75) is 76.7 Å². The standard InChI is InChI=1S/C28H35N3O2/c1-2-3-18-24(23-16-8-5-9-17-23)28(32)31-21-11-10-19-25(31)27-29-26(30-33-27)20-12-15-22-13-6-4-7-14-22/h4-9,13-14,16-17,24-25H,2-3,10-12,15,18-21H2,1H3/t24-,25?/m0/s1. The molecule has 0 N–H and O–H groups in total. The minimum Gasteiger partial charge on any atom is -0.337 e. The highest BCUT2D eigenvalue weighted by atomic mass is 16.5. The Morgan fingerprint density at radius 3 is 2.55 bits per heavy atom. The van der Waals surface area contributed by atoms with E-state index in [-0.39, 0.29) is 17.9 Å². The van der Waals surface area contributed by atoms with Gasteiger partial charge < -0.3 is 9.42 Å². The average Bonchev–Trinajstić information content (AvgIpc) is 3.34. The number of piperidine rings is 1. The first-order chi connectivity index (χ1) is 16.3. The zero-order valence-corrected chi connectivity index (χ0v) is 19.7. The molecule has 0 saturated carbocycles. The van der Waals surface area contributed by atoms with Gasteiger partial charge in [-0.2, -0.15) is 4.98 Å². The van der Waals surface area contributed by atoms with Crippen LogP contribution in [0.15, 0.2) is 65.2 Å². The summed E-state index contributed by atoms with van der Waals surface area (Å²) in [6.45, 7) is 2.93. The van der Waals surface area contributed by atoms with Crippen LogP contribution >= 0.6 is 0 Å². The van der Waals surface area contributed by atoms with Crippen molar-refractivity contribution in [2.24, 2.45) is 0 Å². The lowest BCUT2D eigenvalue weighted by Crippen LogP contribution is -2.41. The molecule has 1 fully saturated rings. The fourth-order valence-corrected chi connectivity index (χ4v) is 4.78. The zero-order chi connectivity index (χ0) is 22.9.